The molecule has 0 saturated carbocycles. The van der Waals surface area contributed by atoms with E-state index < -0.39 is 0 Å². The third-order valence-corrected chi connectivity index (χ3v) is 4.63. The minimum atomic E-state index is -0.300. The second-order valence-corrected chi connectivity index (χ2v) is 6.76. The number of carbonyl (C=O) groups excluding carboxylic acids is 2. The molecule has 0 atom stereocenters. The Hall–Kier alpha value is -3.86. The molecule has 0 saturated heterocycles. The van der Waals surface area contributed by atoms with Crippen molar-refractivity contribution >= 4 is 28.3 Å². The molecule has 0 aliphatic rings. The number of fused-ring (bicyclic) bond motifs is 1. The number of nitrogens with one attached hydrogen (secondary N) is 2. The molecule has 0 radical (unpaired) electrons. The maximum Gasteiger partial charge on any atom is 0.291 e. The summed E-state index contributed by atoms with van der Waals surface area (Å²) in [4.78, 5) is 24.3. The molecule has 0 unspecified atom stereocenters. The number of hydrogen-bond acceptors (Lipinski definition) is 3. The average Bonchev–Trinajstić information content (AvgIpc) is 3.28. The molecule has 0 aliphatic heterocycles. The van der Waals surface area contributed by atoms with Gasteiger partial charge >= 0.3 is 0 Å². The van der Waals surface area contributed by atoms with Crippen LogP contribution in [0.3, 0.4) is 0 Å². The molecule has 5 nitrogen and oxygen atoms in total. The summed E-state index contributed by atoms with van der Waals surface area (Å²) in [5.41, 5.74) is 2.60. The van der Waals surface area contributed by atoms with E-state index in [1.807, 2.05) is 48.5 Å². The van der Waals surface area contributed by atoms with Gasteiger partial charge in [-0.1, -0.05) is 54.6 Å². The van der Waals surface area contributed by atoms with Crippen molar-refractivity contribution in [3.05, 3.63) is 102 Å². The van der Waals surface area contributed by atoms with Crippen molar-refractivity contribution in [1.82, 2.24) is 5.32 Å². The lowest BCUT2D eigenvalue weighted by molar-refractivity contribution is -0.120. The quantitative estimate of drug-likeness (QED) is 0.512. The van der Waals surface area contributed by atoms with Crippen molar-refractivity contribution in [1.29, 1.82) is 0 Å². The molecule has 1 aromatic heterocycles. The van der Waals surface area contributed by atoms with Crippen LogP contribution in [0.4, 0.5) is 5.69 Å². The van der Waals surface area contributed by atoms with Gasteiger partial charge in [-0.15, -0.1) is 0 Å². The number of rotatable bonds is 6. The molecule has 144 valence electrons. The van der Waals surface area contributed by atoms with Crippen molar-refractivity contribution in [3.63, 3.8) is 0 Å². The van der Waals surface area contributed by atoms with Crippen LogP contribution >= 0.6 is 0 Å². The summed E-state index contributed by atoms with van der Waals surface area (Å²) in [6, 6.07) is 24.8. The summed E-state index contributed by atoms with van der Waals surface area (Å²) in [6.07, 6.45) is 1.79. The van der Waals surface area contributed by atoms with Gasteiger partial charge < -0.3 is 15.1 Å². The Kier molecular flexibility index (Phi) is 5.38. The zero-order valence-corrected chi connectivity index (χ0v) is 15.7. The average molecular weight is 384 g/mol. The van der Waals surface area contributed by atoms with Crippen LogP contribution in [0.25, 0.3) is 10.8 Å². The van der Waals surface area contributed by atoms with E-state index in [1.54, 1.807) is 24.3 Å². The van der Waals surface area contributed by atoms with Crippen LogP contribution in [0.5, 0.6) is 0 Å². The Morgan fingerprint density at radius 1 is 0.793 bits per heavy atom. The van der Waals surface area contributed by atoms with E-state index in [0.29, 0.717) is 18.7 Å². The number of carbonyl (C=O) groups is 2. The van der Waals surface area contributed by atoms with Gasteiger partial charge in [0.25, 0.3) is 5.91 Å². The minimum absolute atomic E-state index is 0.0320. The van der Waals surface area contributed by atoms with E-state index in [2.05, 4.69) is 16.7 Å². The Labute approximate surface area is 168 Å². The predicted octanol–water partition coefficient (Wildman–Crippen LogP) is 4.54. The fourth-order valence-electron chi connectivity index (χ4n) is 3.10. The first-order valence-electron chi connectivity index (χ1n) is 9.35. The lowest BCUT2D eigenvalue weighted by Gasteiger charge is -2.08. The summed E-state index contributed by atoms with van der Waals surface area (Å²) in [5, 5.41) is 7.99. The number of hydrogen-bond donors (Lipinski definition) is 2. The van der Waals surface area contributed by atoms with E-state index in [-0.39, 0.29) is 17.6 Å². The molecule has 3 aromatic carbocycles. The zero-order valence-electron chi connectivity index (χ0n) is 15.7. The van der Waals surface area contributed by atoms with Crippen LogP contribution in [0.15, 0.2) is 89.5 Å². The van der Waals surface area contributed by atoms with E-state index in [1.165, 1.54) is 6.26 Å². The van der Waals surface area contributed by atoms with Gasteiger partial charge in [0.1, 0.15) is 0 Å². The first kappa shape index (κ1) is 18.5. The molecular weight excluding hydrogens is 364 g/mol. The highest BCUT2D eigenvalue weighted by molar-refractivity contribution is 6.02. The van der Waals surface area contributed by atoms with Crippen LogP contribution in [-0.2, 0) is 17.8 Å². The number of benzene rings is 3. The molecule has 2 amide bonds. The SMILES string of the molecule is O=C(Cc1ccc2ccccc2c1)NCc1ccc(NC(=O)c2ccco2)cc1. The number of furan rings is 1. The Bertz CT molecular complexity index is 1130. The van der Waals surface area contributed by atoms with Crippen molar-refractivity contribution in [3.8, 4) is 0 Å². The number of anilines is 1. The molecule has 0 fully saturated rings. The minimum Gasteiger partial charge on any atom is -0.459 e. The first-order chi connectivity index (χ1) is 14.2. The summed E-state index contributed by atoms with van der Waals surface area (Å²) in [6.45, 7) is 0.429. The highest BCUT2D eigenvalue weighted by Gasteiger charge is 2.09. The van der Waals surface area contributed by atoms with E-state index in [0.717, 1.165) is 21.9 Å². The molecule has 4 rings (SSSR count). The van der Waals surface area contributed by atoms with Gasteiger partial charge in [0.2, 0.25) is 5.91 Å². The lowest BCUT2D eigenvalue weighted by atomic mass is 10.0. The van der Waals surface area contributed by atoms with Crippen LogP contribution in [-0.4, -0.2) is 11.8 Å². The summed E-state index contributed by atoms with van der Waals surface area (Å²) >= 11 is 0. The third kappa shape index (κ3) is 4.71. The third-order valence-electron chi connectivity index (χ3n) is 4.63. The maximum atomic E-state index is 12.3. The number of amides is 2. The van der Waals surface area contributed by atoms with Crippen molar-refractivity contribution in [2.75, 3.05) is 5.32 Å². The highest BCUT2D eigenvalue weighted by Crippen LogP contribution is 2.16. The highest BCUT2D eigenvalue weighted by atomic mass is 16.3. The van der Waals surface area contributed by atoms with Gasteiger partial charge in [0.05, 0.1) is 12.7 Å². The molecule has 1 heterocycles. The van der Waals surface area contributed by atoms with Crippen molar-refractivity contribution in [2.45, 2.75) is 13.0 Å². The molecule has 0 bridgehead atoms. The van der Waals surface area contributed by atoms with Crippen molar-refractivity contribution < 1.29 is 14.0 Å². The van der Waals surface area contributed by atoms with Gasteiger partial charge in [-0.25, -0.2) is 0 Å². The second kappa shape index (κ2) is 8.44. The van der Waals surface area contributed by atoms with Gasteiger partial charge in [-0.3, -0.25) is 9.59 Å². The molecular formula is C24H20N2O3. The zero-order chi connectivity index (χ0) is 20.1. The van der Waals surface area contributed by atoms with Crippen molar-refractivity contribution in [2.24, 2.45) is 0 Å². The van der Waals surface area contributed by atoms with Gasteiger partial charge in [-0.05, 0) is 46.2 Å². The standard InChI is InChI=1S/C24H20N2O3/c27-23(15-18-7-10-19-4-1-2-5-20(19)14-18)25-16-17-8-11-21(12-9-17)26-24(28)22-6-3-13-29-22/h1-14H,15-16H2,(H,25,27)(H,26,28). The second-order valence-electron chi connectivity index (χ2n) is 6.76. The smallest absolute Gasteiger partial charge is 0.291 e. The first-order valence-corrected chi connectivity index (χ1v) is 9.35. The Balaban J connectivity index is 1.30. The molecule has 0 spiro atoms. The van der Waals surface area contributed by atoms with Gasteiger partial charge in [0, 0.05) is 12.2 Å². The maximum absolute atomic E-state index is 12.3. The van der Waals surface area contributed by atoms with Crippen LogP contribution < -0.4 is 10.6 Å². The Morgan fingerprint density at radius 3 is 2.31 bits per heavy atom. The van der Waals surface area contributed by atoms with E-state index >= 15 is 0 Å². The van der Waals surface area contributed by atoms with Gasteiger partial charge in [-0.2, -0.15) is 0 Å². The summed E-state index contributed by atoms with van der Waals surface area (Å²) in [5.74, 6) is -0.0723. The van der Waals surface area contributed by atoms with Crippen LogP contribution in [0, 0.1) is 0 Å². The normalized spacial score (nSPS) is 10.6. The van der Waals surface area contributed by atoms with E-state index in [4.69, 9.17) is 4.42 Å². The Morgan fingerprint density at radius 2 is 1.55 bits per heavy atom. The summed E-state index contributed by atoms with van der Waals surface area (Å²) < 4.78 is 5.07. The molecule has 29 heavy (non-hydrogen) atoms. The van der Waals surface area contributed by atoms with E-state index in [9.17, 15) is 9.59 Å². The molecule has 0 aliphatic carbocycles. The van der Waals surface area contributed by atoms with Crippen LogP contribution in [0.2, 0.25) is 0 Å². The monoisotopic (exact) mass is 384 g/mol. The lowest BCUT2D eigenvalue weighted by Crippen LogP contribution is -2.24. The fourth-order valence-corrected chi connectivity index (χ4v) is 3.10. The van der Waals surface area contributed by atoms with Crippen LogP contribution in [0.1, 0.15) is 21.7 Å². The molecule has 5 heteroatoms. The predicted molar refractivity (Wildman–Crippen MR) is 113 cm³/mol. The van der Waals surface area contributed by atoms with Gasteiger partial charge in [0.15, 0.2) is 5.76 Å². The molecule has 2 N–H and O–H groups in total. The summed E-state index contributed by atoms with van der Waals surface area (Å²) in [7, 11) is 0. The topological polar surface area (TPSA) is 71.3 Å². The fraction of sp³-hybridized carbons (Fsp3) is 0.0833. The largest absolute Gasteiger partial charge is 0.459 e. The molecule has 4 aromatic rings.